The molecule has 9 nitrogen and oxygen atoms in total. The van der Waals surface area contributed by atoms with E-state index in [4.69, 9.17) is 16.3 Å². The maximum Gasteiger partial charge on any atom is 0.339 e. The number of nitrogens with one attached hydrogen (secondary N) is 2. The van der Waals surface area contributed by atoms with Gasteiger partial charge in [0.25, 0.3) is 5.91 Å². The molecule has 1 heterocycles. The number of carbonyl (C=O) groups is 3. The number of methoxy groups -OCH3 is 1. The summed E-state index contributed by atoms with van der Waals surface area (Å²) in [5.74, 6) is -0.201. The fourth-order valence-corrected chi connectivity index (χ4v) is 4.77. The van der Waals surface area contributed by atoms with E-state index in [1.807, 2.05) is 11.5 Å². The summed E-state index contributed by atoms with van der Waals surface area (Å²) in [4.78, 5) is 37.6. The molecule has 3 aromatic rings. The number of rotatable bonds is 11. The number of nitrogens with zero attached hydrogens (tertiary/aromatic N) is 3. The summed E-state index contributed by atoms with van der Waals surface area (Å²) >= 11 is 7.44. The van der Waals surface area contributed by atoms with Crippen LogP contribution in [0.3, 0.4) is 0 Å². The molecule has 0 unspecified atom stereocenters. The van der Waals surface area contributed by atoms with Gasteiger partial charge in [-0.2, -0.15) is 0 Å². The van der Waals surface area contributed by atoms with Gasteiger partial charge in [0.05, 0.1) is 40.7 Å². The lowest BCUT2D eigenvalue weighted by molar-refractivity contribution is -0.113. The van der Waals surface area contributed by atoms with Crippen molar-refractivity contribution in [2.45, 2.75) is 44.9 Å². The molecule has 0 aliphatic heterocycles. The second-order valence-electron chi connectivity index (χ2n) is 8.59. The maximum absolute atomic E-state index is 13.0. The zero-order valence-corrected chi connectivity index (χ0v) is 22.7. The second kappa shape index (κ2) is 13.3. The number of anilines is 1. The van der Waals surface area contributed by atoms with Gasteiger partial charge in [-0.05, 0) is 43.5 Å². The molecule has 37 heavy (non-hydrogen) atoms. The van der Waals surface area contributed by atoms with Gasteiger partial charge < -0.3 is 19.9 Å². The lowest BCUT2D eigenvalue weighted by atomic mass is 10.0. The van der Waals surface area contributed by atoms with Crippen LogP contribution in [0.25, 0.3) is 0 Å². The first-order valence-corrected chi connectivity index (χ1v) is 13.2. The van der Waals surface area contributed by atoms with Crippen molar-refractivity contribution in [3.05, 3.63) is 70.5 Å². The summed E-state index contributed by atoms with van der Waals surface area (Å²) < 4.78 is 6.67. The molecule has 1 atom stereocenters. The van der Waals surface area contributed by atoms with E-state index in [1.165, 1.54) is 18.9 Å². The van der Waals surface area contributed by atoms with Crippen LogP contribution in [0.1, 0.15) is 59.8 Å². The zero-order valence-electron chi connectivity index (χ0n) is 21.2. The summed E-state index contributed by atoms with van der Waals surface area (Å²) in [6, 6.07) is 13.1. The number of thioether (sulfide) groups is 1. The van der Waals surface area contributed by atoms with Crippen LogP contribution in [0.4, 0.5) is 5.69 Å². The Labute approximate surface area is 225 Å². The van der Waals surface area contributed by atoms with Crippen molar-refractivity contribution in [1.29, 1.82) is 0 Å². The van der Waals surface area contributed by atoms with Gasteiger partial charge in [-0.3, -0.25) is 9.59 Å². The average molecular weight is 544 g/mol. The van der Waals surface area contributed by atoms with E-state index in [2.05, 4.69) is 34.7 Å². The van der Waals surface area contributed by atoms with Gasteiger partial charge in [0.2, 0.25) is 5.91 Å². The standard InChI is InChI=1S/C26H30ClN5O4S/c1-5-32-23(21(14-16(2)3)29-24(34)17-10-6-8-12-19(17)27)30-31-26(32)37-15-22(33)28-20-13-9-7-11-18(20)25(35)36-4/h6-13,16,21H,5,14-15H2,1-4H3,(H,28,33)(H,29,34)/t21-/m1/s1. The van der Waals surface area contributed by atoms with E-state index in [9.17, 15) is 14.4 Å². The van der Waals surface area contributed by atoms with Crippen LogP contribution >= 0.6 is 23.4 Å². The van der Waals surface area contributed by atoms with Crippen LogP contribution in [0.2, 0.25) is 5.02 Å². The highest BCUT2D eigenvalue weighted by molar-refractivity contribution is 7.99. The lowest BCUT2D eigenvalue weighted by Crippen LogP contribution is -2.31. The molecular formula is C26H30ClN5O4S. The largest absolute Gasteiger partial charge is 0.465 e. The van der Waals surface area contributed by atoms with Crippen molar-refractivity contribution < 1.29 is 19.1 Å². The normalized spacial score (nSPS) is 11.7. The number of para-hydroxylation sites is 1. The van der Waals surface area contributed by atoms with Crippen molar-refractivity contribution in [2.75, 3.05) is 18.2 Å². The molecule has 2 amide bonds. The predicted molar refractivity (Wildman–Crippen MR) is 144 cm³/mol. The summed E-state index contributed by atoms with van der Waals surface area (Å²) in [7, 11) is 1.29. The molecule has 2 aromatic carbocycles. The summed E-state index contributed by atoms with van der Waals surface area (Å²) in [5.41, 5.74) is 1.03. The topological polar surface area (TPSA) is 115 Å². The summed E-state index contributed by atoms with van der Waals surface area (Å²) in [5, 5.41) is 15.4. The Morgan fingerprint density at radius 1 is 1.05 bits per heavy atom. The van der Waals surface area contributed by atoms with Crippen LogP contribution < -0.4 is 10.6 Å². The number of ether oxygens (including phenoxy) is 1. The molecule has 2 N–H and O–H groups in total. The first-order valence-electron chi connectivity index (χ1n) is 11.8. The Kier molecular flexibility index (Phi) is 10.1. The number of benzene rings is 2. The number of halogens is 1. The van der Waals surface area contributed by atoms with Crippen molar-refractivity contribution in [1.82, 2.24) is 20.1 Å². The average Bonchev–Trinajstić information content (AvgIpc) is 3.29. The molecular weight excluding hydrogens is 514 g/mol. The Bertz CT molecular complexity index is 1260. The van der Waals surface area contributed by atoms with E-state index in [-0.39, 0.29) is 29.0 Å². The highest BCUT2D eigenvalue weighted by Crippen LogP contribution is 2.26. The fourth-order valence-electron chi connectivity index (χ4n) is 3.74. The minimum atomic E-state index is -0.533. The van der Waals surface area contributed by atoms with E-state index >= 15 is 0 Å². The quantitative estimate of drug-likeness (QED) is 0.259. The first-order chi connectivity index (χ1) is 17.7. The molecule has 11 heteroatoms. The van der Waals surface area contributed by atoms with Crippen molar-refractivity contribution in [3.8, 4) is 0 Å². The summed E-state index contributed by atoms with van der Waals surface area (Å²) in [6.07, 6.45) is 0.643. The van der Waals surface area contributed by atoms with Crippen LogP contribution in [0.15, 0.2) is 53.7 Å². The summed E-state index contributed by atoms with van der Waals surface area (Å²) in [6.45, 7) is 6.63. The molecule has 0 bridgehead atoms. The van der Waals surface area contributed by atoms with Crippen molar-refractivity contribution in [3.63, 3.8) is 0 Å². The van der Waals surface area contributed by atoms with E-state index in [0.29, 0.717) is 40.2 Å². The lowest BCUT2D eigenvalue weighted by Gasteiger charge is -2.21. The molecule has 3 rings (SSSR count). The minimum Gasteiger partial charge on any atom is -0.465 e. The molecule has 0 radical (unpaired) electrons. The number of hydrogen-bond acceptors (Lipinski definition) is 7. The number of hydrogen-bond donors (Lipinski definition) is 2. The highest BCUT2D eigenvalue weighted by atomic mass is 35.5. The van der Waals surface area contributed by atoms with Gasteiger partial charge in [0, 0.05) is 6.54 Å². The minimum absolute atomic E-state index is 0.0501. The molecule has 0 saturated carbocycles. The SMILES string of the molecule is CCn1c(SCC(=O)Nc2ccccc2C(=O)OC)nnc1[C@@H](CC(C)C)NC(=O)c1ccccc1Cl. The zero-order chi connectivity index (χ0) is 26.9. The third-order valence-electron chi connectivity index (χ3n) is 5.44. The van der Waals surface area contributed by atoms with Gasteiger partial charge in [-0.15, -0.1) is 10.2 Å². The second-order valence-corrected chi connectivity index (χ2v) is 9.94. The predicted octanol–water partition coefficient (Wildman–Crippen LogP) is 4.99. The van der Waals surface area contributed by atoms with E-state index < -0.39 is 12.0 Å². The van der Waals surface area contributed by atoms with E-state index in [1.54, 1.807) is 48.5 Å². The molecule has 0 saturated heterocycles. The Hall–Kier alpha value is -3.37. The molecule has 0 fully saturated rings. The van der Waals surface area contributed by atoms with Gasteiger partial charge in [0.15, 0.2) is 11.0 Å². The Morgan fingerprint density at radius 2 is 1.73 bits per heavy atom. The smallest absolute Gasteiger partial charge is 0.339 e. The van der Waals surface area contributed by atoms with E-state index in [0.717, 1.165) is 0 Å². The Balaban J connectivity index is 1.75. The molecule has 0 aliphatic carbocycles. The van der Waals surface area contributed by atoms with Crippen LogP contribution in [-0.4, -0.2) is 45.4 Å². The number of aromatic nitrogens is 3. The third kappa shape index (κ3) is 7.33. The maximum atomic E-state index is 13.0. The molecule has 0 aliphatic rings. The molecule has 196 valence electrons. The van der Waals surface area contributed by atoms with Gasteiger partial charge >= 0.3 is 5.97 Å². The van der Waals surface area contributed by atoms with Gasteiger partial charge in [0.1, 0.15) is 0 Å². The monoisotopic (exact) mass is 543 g/mol. The number of amides is 2. The fraction of sp³-hybridized carbons (Fsp3) is 0.346. The number of esters is 1. The molecule has 1 aromatic heterocycles. The van der Waals surface area contributed by atoms with Crippen molar-refractivity contribution in [2.24, 2.45) is 5.92 Å². The van der Waals surface area contributed by atoms with Crippen LogP contribution in [0, 0.1) is 5.92 Å². The van der Waals surface area contributed by atoms with Crippen LogP contribution in [-0.2, 0) is 16.1 Å². The number of carbonyl (C=O) groups excluding carboxylic acids is 3. The Morgan fingerprint density at radius 3 is 2.38 bits per heavy atom. The molecule has 0 spiro atoms. The van der Waals surface area contributed by atoms with Crippen LogP contribution in [0.5, 0.6) is 0 Å². The highest BCUT2D eigenvalue weighted by Gasteiger charge is 2.25. The third-order valence-corrected chi connectivity index (χ3v) is 6.74. The van der Waals surface area contributed by atoms with Gasteiger partial charge in [-0.1, -0.05) is 61.5 Å². The van der Waals surface area contributed by atoms with Gasteiger partial charge in [-0.25, -0.2) is 4.79 Å². The first kappa shape index (κ1) is 28.2. The van der Waals surface area contributed by atoms with Crippen molar-refractivity contribution >= 4 is 46.8 Å².